The van der Waals surface area contributed by atoms with Crippen LogP contribution in [-0.2, 0) is 11.3 Å². The quantitative estimate of drug-likeness (QED) is 0.432. The van der Waals surface area contributed by atoms with Crippen molar-refractivity contribution in [1.29, 1.82) is 0 Å². The molecule has 0 N–H and O–H groups in total. The van der Waals surface area contributed by atoms with Crippen LogP contribution >= 0.6 is 12.2 Å². The van der Waals surface area contributed by atoms with Gasteiger partial charge in [-0.1, -0.05) is 6.07 Å². The molecule has 5 heteroatoms. The van der Waals surface area contributed by atoms with Gasteiger partial charge in [0.15, 0.2) is 17.8 Å². The van der Waals surface area contributed by atoms with Crippen molar-refractivity contribution in [3.05, 3.63) is 23.8 Å². The van der Waals surface area contributed by atoms with Gasteiger partial charge in [-0.2, -0.15) is 0 Å². The van der Waals surface area contributed by atoms with E-state index in [1.54, 1.807) is 7.11 Å². The molecule has 0 bridgehead atoms. The average Bonchev–Trinajstić information content (AvgIpc) is 2.37. The van der Waals surface area contributed by atoms with E-state index in [0.29, 0.717) is 24.7 Å². The lowest BCUT2D eigenvalue weighted by atomic mass is 10.2. The summed E-state index contributed by atoms with van der Waals surface area (Å²) in [5.74, 6) is 1.30. The molecular formula is C13H17NO3S. The second-order valence-corrected chi connectivity index (χ2v) is 3.72. The number of rotatable bonds is 7. The zero-order valence-electron chi connectivity index (χ0n) is 10.8. The number of aliphatic imine (C=N–C) groups is 1. The number of isothiocyanates is 1. The van der Waals surface area contributed by atoms with E-state index in [2.05, 4.69) is 22.4 Å². The zero-order chi connectivity index (χ0) is 13.4. The van der Waals surface area contributed by atoms with Gasteiger partial charge in [-0.15, -0.1) is 0 Å². The first-order chi connectivity index (χ1) is 8.71. The highest BCUT2D eigenvalue weighted by Gasteiger charge is 2.09. The number of thiocarbonyl (C=S) groups is 1. The molecule has 0 fully saturated rings. The lowest BCUT2D eigenvalue weighted by Crippen LogP contribution is -2.16. The third kappa shape index (κ3) is 4.45. The molecule has 0 radical (unpaired) electrons. The monoisotopic (exact) mass is 267 g/mol. The van der Waals surface area contributed by atoms with E-state index in [4.69, 9.17) is 14.2 Å². The Balaban J connectivity index is 2.82. The highest BCUT2D eigenvalue weighted by molar-refractivity contribution is 7.78. The molecule has 1 unspecified atom stereocenters. The summed E-state index contributed by atoms with van der Waals surface area (Å²) in [6, 6.07) is 5.61. The summed E-state index contributed by atoms with van der Waals surface area (Å²) in [5.41, 5.74) is 0.987. The first-order valence-corrected chi connectivity index (χ1v) is 6.10. The highest BCUT2D eigenvalue weighted by Crippen LogP contribution is 2.29. The predicted octanol–water partition coefficient (Wildman–Crippen LogP) is 3.06. The molecule has 0 spiro atoms. The minimum absolute atomic E-state index is 0.311. The second-order valence-electron chi connectivity index (χ2n) is 3.53. The van der Waals surface area contributed by atoms with Crippen LogP contribution in [0, 0.1) is 0 Å². The summed E-state index contributed by atoms with van der Waals surface area (Å²) in [4.78, 5) is 3.88. The van der Waals surface area contributed by atoms with Gasteiger partial charge in [0.2, 0.25) is 0 Å². The summed E-state index contributed by atoms with van der Waals surface area (Å²) < 4.78 is 16.2. The van der Waals surface area contributed by atoms with Crippen LogP contribution in [0.2, 0.25) is 0 Å². The average molecular weight is 267 g/mol. The summed E-state index contributed by atoms with van der Waals surface area (Å²) in [6.45, 7) is 4.85. The smallest absolute Gasteiger partial charge is 0.197 e. The van der Waals surface area contributed by atoms with Crippen LogP contribution in [0.4, 0.5) is 0 Å². The Hall–Kier alpha value is -1.42. The Kier molecular flexibility index (Phi) is 6.36. The van der Waals surface area contributed by atoms with Crippen molar-refractivity contribution in [1.82, 2.24) is 0 Å². The number of nitrogens with zero attached hydrogens (tertiary/aromatic N) is 1. The van der Waals surface area contributed by atoms with Gasteiger partial charge in [0.25, 0.3) is 0 Å². The van der Waals surface area contributed by atoms with Gasteiger partial charge in [-0.05, 0) is 43.8 Å². The van der Waals surface area contributed by atoms with Crippen molar-refractivity contribution >= 4 is 17.4 Å². The Morgan fingerprint density at radius 2 is 2.17 bits per heavy atom. The Bertz CT molecular complexity index is 430. The Morgan fingerprint density at radius 3 is 2.78 bits per heavy atom. The van der Waals surface area contributed by atoms with Gasteiger partial charge >= 0.3 is 0 Å². The fourth-order valence-corrected chi connectivity index (χ4v) is 1.54. The minimum atomic E-state index is -0.311. The van der Waals surface area contributed by atoms with E-state index < -0.39 is 0 Å². The van der Waals surface area contributed by atoms with Crippen molar-refractivity contribution in [3.8, 4) is 11.5 Å². The Labute approximate surface area is 113 Å². The second kappa shape index (κ2) is 7.82. The lowest BCUT2D eigenvalue weighted by Gasteiger charge is -2.17. The number of hydrogen-bond acceptors (Lipinski definition) is 5. The molecular weight excluding hydrogens is 250 g/mol. The highest BCUT2D eigenvalue weighted by atomic mass is 32.1. The third-order valence-electron chi connectivity index (χ3n) is 2.25. The summed E-state index contributed by atoms with van der Waals surface area (Å²) in [7, 11) is 1.60. The van der Waals surface area contributed by atoms with Gasteiger partial charge in [0.05, 0.1) is 18.8 Å². The molecule has 0 aliphatic carbocycles. The van der Waals surface area contributed by atoms with E-state index in [0.717, 1.165) is 5.56 Å². The van der Waals surface area contributed by atoms with Crippen LogP contribution < -0.4 is 9.47 Å². The molecule has 0 aromatic heterocycles. The van der Waals surface area contributed by atoms with Crippen molar-refractivity contribution in [2.45, 2.75) is 26.7 Å². The molecule has 0 saturated carbocycles. The van der Waals surface area contributed by atoms with Crippen molar-refractivity contribution in [2.24, 2.45) is 4.99 Å². The zero-order valence-corrected chi connectivity index (χ0v) is 11.6. The molecule has 1 atom stereocenters. The van der Waals surface area contributed by atoms with E-state index in [-0.39, 0.29) is 6.29 Å². The number of methoxy groups -OCH3 is 1. The van der Waals surface area contributed by atoms with Crippen molar-refractivity contribution in [2.75, 3.05) is 13.7 Å². The topological polar surface area (TPSA) is 40.0 Å². The van der Waals surface area contributed by atoms with E-state index >= 15 is 0 Å². The van der Waals surface area contributed by atoms with Crippen LogP contribution in [0.1, 0.15) is 19.4 Å². The molecule has 0 aliphatic rings. The molecule has 18 heavy (non-hydrogen) atoms. The molecule has 0 aliphatic heterocycles. The predicted molar refractivity (Wildman–Crippen MR) is 73.4 cm³/mol. The van der Waals surface area contributed by atoms with Crippen LogP contribution in [0.25, 0.3) is 0 Å². The number of hydrogen-bond donors (Lipinski definition) is 0. The van der Waals surface area contributed by atoms with Gasteiger partial charge in [-0.3, -0.25) is 0 Å². The van der Waals surface area contributed by atoms with E-state index in [9.17, 15) is 0 Å². The van der Waals surface area contributed by atoms with Crippen LogP contribution in [0.3, 0.4) is 0 Å². The first kappa shape index (κ1) is 14.6. The standard InChI is InChI=1S/C13H17NO3S/c1-4-16-10(2)17-12-6-5-11(8-14-9-18)7-13(12)15-3/h5-7,10H,4,8H2,1-3H3. The minimum Gasteiger partial charge on any atom is -0.493 e. The van der Waals surface area contributed by atoms with Crippen LogP contribution in [-0.4, -0.2) is 25.2 Å². The van der Waals surface area contributed by atoms with Crippen LogP contribution in [0.5, 0.6) is 11.5 Å². The van der Waals surface area contributed by atoms with Crippen molar-refractivity contribution < 1.29 is 14.2 Å². The van der Waals surface area contributed by atoms with Gasteiger partial charge in [0.1, 0.15) is 0 Å². The van der Waals surface area contributed by atoms with E-state index in [1.807, 2.05) is 32.0 Å². The molecule has 1 aromatic carbocycles. The summed E-state index contributed by atoms with van der Waals surface area (Å²) in [6.07, 6.45) is -0.311. The van der Waals surface area contributed by atoms with Gasteiger partial charge in [0, 0.05) is 6.61 Å². The molecule has 98 valence electrons. The summed E-state index contributed by atoms with van der Waals surface area (Å²) in [5, 5.41) is 2.33. The first-order valence-electron chi connectivity index (χ1n) is 5.70. The molecule has 1 rings (SSSR count). The number of ether oxygens (including phenoxy) is 3. The normalized spacial score (nSPS) is 11.5. The van der Waals surface area contributed by atoms with Crippen molar-refractivity contribution in [3.63, 3.8) is 0 Å². The number of benzene rings is 1. The largest absolute Gasteiger partial charge is 0.493 e. The summed E-state index contributed by atoms with van der Waals surface area (Å²) >= 11 is 4.54. The SMILES string of the molecule is CCOC(C)Oc1ccc(CN=C=S)cc1OC. The lowest BCUT2D eigenvalue weighted by molar-refractivity contribution is -0.0623. The maximum Gasteiger partial charge on any atom is 0.197 e. The Morgan fingerprint density at radius 1 is 1.39 bits per heavy atom. The maximum atomic E-state index is 5.62. The van der Waals surface area contributed by atoms with E-state index in [1.165, 1.54) is 0 Å². The van der Waals surface area contributed by atoms with Gasteiger partial charge < -0.3 is 14.2 Å². The molecule has 0 amide bonds. The molecule has 4 nitrogen and oxygen atoms in total. The fraction of sp³-hybridized carbons (Fsp3) is 0.462. The third-order valence-corrected chi connectivity index (χ3v) is 2.38. The molecule has 0 saturated heterocycles. The van der Waals surface area contributed by atoms with Gasteiger partial charge in [-0.25, -0.2) is 4.99 Å². The molecule has 1 aromatic rings. The molecule has 0 heterocycles. The maximum absolute atomic E-state index is 5.62. The van der Waals surface area contributed by atoms with Crippen LogP contribution in [0.15, 0.2) is 23.2 Å². The fourth-order valence-electron chi connectivity index (χ4n) is 1.48.